The molecule has 1 aromatic heterocycles. The van der Waals surface area contributed by atoms with Crippen molar-refractivity contribution >= 4 is 12.4 Å². The van der Waals surface area contributed by atoms with Crippen LogP contribution in [0.1, 0.15) is 23.3 Å². The molecule has 0 atom stereocenters. The van der Waals surface area contributed by atoms with Gasteiger partial charge in [-0.15, -0.1) is 5.10 Å². The molecule has 2 aromatic rings. The predicted octanol–water partition coefficient (Wildman–Crippen LogP) is 0.809. The van der Waals surface area contributed by atoms with Crippen LogP contribution in [0.4, 0.5) is 0 Å². The van der Waals surface area contributed by atoms with Gasteiger partial charge in [0.1, 0.15) is 0 Å². The molecule has 1 amide bonds. The number of rotatable bonds is 6. The Balaban J connectivity index is 0.000000817. The number of amides is 1. The number of nitrogens with zero attached hydrogens (tertiary/aromatic N) is 4. The van der Waals surface area contributed by atoms with Gasteiger partial charge in [-0.05, 0) is 25.0 Å². The van der Waals surface area contributed by atoms with E-state index in [1.165, 1.54) is 11.0 Å². The Kier molecular flexibility index (Phi) is 8.40. The number of carbonyl (C=O) groups is 2. The highest BCUT2D eigenvalue weighted by molar-refractivity contribution is 5.92. The first-order valence-electron chi connectivity index (χ1n) is 8.75. The maximum Gasteiger partial charge on any atom is 0.290 e. The summed E-state index contributed by atoms with van der Waals surface area (Å²) in [7, 11) is 1.72. The minimum Gasteiger partial charge on any atom is -0.483 e. The molecule has 9 heteroatoms. The predicted molar refractivity (Wildman–Crippen MR) is 98.9 cm³/mol. The molecule has 3 rings (SSSR count). The van der Waals surface area contributed by atoms with Gasteiger partial charge in [0.2, 0.25) is 0 Å². The molecule has 2 heterocycles. The number of hydrogen-bond acceptors (Lipinski definition) is 6. The van der Waals surface area contributed by atoms with Crippen molar-refractivity contribution in [3.05, 3.63) is 42.2 Å². The van der Waals surface area contributed by atoms with E-state index in [9.17, 15) is 4.79 Å². The highest BCUT2D eigenvalue weighted by atomic mass is 16.5. The van der Waals surface area contributed by atoms with E-state index in [-0.39, 0.29) is 18.4 Å². The summed E-state index contributed by atoms with van der Waals surface area (Å²) in [4.78, 5) is 24.5. The van der Waals surface area contributed by atoms with Crippen molar-refractivity contribution in [2.75, 3.05) is 33.4 Å². The van der Waals surface area contributed by atoms with Crippen molar-refractivity contribution in [2.24, 2.45) is 0 Å². The molecular weight excluding hydrogens is 350 g/mol. The van der Waals surface area contributed by atoms with Crippen molar-refractivity contribution in [3.63, 3.8) is 0 Å². The van der Waals surface area contributed by atoms with E-state index in [1.807, 2.05) is 30.3 Å². The number of para-hydroxylation sites is 1. The topological polar surface area (TPSA) is 110 Å². The summed E-state index contributed by atoms with van der Waals surface area (Å²) in [6, 6.07) is 9.75. The number of ether oxygens (including phenoxy) is 1. The number of aromatic nitrogens is 3. The van der Waals surface area contributed by atoms with Crippen LogP contribution < -0.4 is 5.32 Å². The van der Waals surface area contributed by atoms with Gasteiger partial charge in [0.15, 0.2) is 5.69 Å². The lowest BCUT2D eigenvalue weighted by Gasteiger charge is -2.31. The van der Waals surface area contributed by atoms with Gasteiger partial charge in [0, 0.05) is 32.8 Å². The fourth-order valence-electron chi connectivity index (χ4n) is 2.83. The number of likely N-dealkylation sites (tertiary alicyclic amines) is 1. The molecule has 0 aliphatic carbocycles. The van der Waals surface area contributed by atoms with Crippen LogP contribution in [0.5, 0.6) is 0 Å². The zero-order chi connectivity index (χ0) is 19.5. The Bertz CT molecular complexity index is 699. The van der Waals surface area contributed by atoms with E-state index in [0.29, 0.717) is 5.69 Å². The van der Waals surface area contributed by atoms with Crippen LogP contribution in [0.25, 0.3) is 5.69 Å². The maximum atomic E-state index is 12.4. The molecule has 27 heavy (non-hydrogen) atoms. The van der Waals surface area contributed by atoms with Gasteiger partial charge in [0.25, 0.3) is 12.4 Å². The summed E-state index contributed by atoms with van der Waals surface area (Å²) in [6.07, 6.45) is 3.40. The van der Waals surface area contributed by atoms with Gasteiger partial charge in [-0.2, -0.15) is 9.90 Å². The van der Waals surface area contributed by atoms with Crippen LogP contribution in [0, 0.1) is 0 Å². The Morgan fingerprint density at radius 1 is 1.33 bits per heavy atom. The molecule has 0 unspecified atom stereocenters. The number of hydrogen-bond donors (Lipinski definition) is 2. The normalized spacial score (nSPS) is 14.9. The zero-order valence-electron chi connectivity index (χ0n) is 15.3. The largest absolute Gasteiger partial charge is 0.483 e. The number of carbonyl (C=O) groups excluding carboxylic acids is 1. The molecule has 1 aliphatic rings. The molecule has 1 aliphatic heterocycles. The minimum absolute atomic E-state index is 0.160. The monoisotopic (exact) mass is 375 g/mol. The number of piperidine rings is 1. The first-order valence-corrected chi connectivity index (χ1v) is 8.75. The van der Waals surface area contributed by atoms with Gasteiger partial charge in [0.05, 0.1) is 18.5 Å². The average molecular weight is 375 g/mol. The molecule has 1 fully saturated rings. The summed E-state index contributed by atoms with van der Waals surface area (Å²) in [5, 5.41) is 18.4. The Labute approximate surface area is 157 Å². The molecule has 2 N–H and O–H groups in total. The zero-order valence-corrected chi connectivity index (χ0v) is 15.3. The van der Waals surface area contributed by atoms with E-state index in [4.69, 9.17) is 14.6 Å². The Morgan fingerprint density at radius 3 is 2.63 bits per heavy atom. The van der Waals surface area contributed by atoms with E-state index < -0.39 is 0 Å². The molecule has 1 aromatic carbocycles. The summed E-state index contributed by atoms with van der Waals surface area (Å²) in [5.41, 5.74) is 1.18. The number of carboxylic acid groups (broad SMARTS) is 1. The van der Waals surface area contributed by atoms with E-state index in [1.54, 1.807) is 7.11 Å². The molecule has 0 radical (unpaired) electrons. The van der Waals surface area contributed by atoms with Gasteiger partial charge >= 0.3 is 0 Å². The minimum atomic E-state index is -0.250. The quantitative estimate of drug-likeness (QED) is 0.719. The lowest BCUT2D eigenvalue weighted by atomic mass is 10.0. The first kappa shape index (κ1) is 20.5. The molecule has 0 spiro atoms. The second-order valence-electron chi connectivity index (χ2n) is 6.04. The van der Waals surface area contributed by atoms with Crippen LogP contribution in [-0.4, -0.2) is 76.8 Å². The van der Waals surface area contributed by atoms with Gasteiger partial charge in [-0.3, -0.25) is 9.59 Å². The third-order valence-electron chi connectivity index (χ3n) is 4.25. The second kappa shape index (κ2) is 11.0. The lowest BCUT2D eigenvalue weighted by molar-refractivity contribution is -0.122. The lowest BCUT2D eigenvalue weighted by Crippen LogP contribution is -2.45. The Hall–Kier alpha value is -2.78. The van der Waals surface area contributed by atoms with Crippen LogP contribution in [-0.2, 0) is 9.53 Å². The third kappa shape index (κ3) is 6.46. The van der Waals surface area contributed by atoms with E-state index in [0.717, 1.165) is 44.8 Å². The fourth-order valence-corrected chi connectivity index (χ4v) is 2.83. The third-order valence-corrected chi connectivity index (χ3v) is 4.25. The molecule has 0 saturated carbocycles. The van der Waals surface area contributed by atoms with Crippen LogP contribution in [0.3, 0.4) is 0 Å². The van der Waals surface area contributed by atoms with Gasteiger partial charge < -0.3 is 20.1 Å². The van der Waals surface area contributed by atoms with Crippen molar-refractivity contribution in [2.45, 2.75) is 18.9 Å². The highest BCUT2D eigenvalue weighted by Gasteiger charge is 2.22. The standard InChI is InChI=1S/C17H23N5O2.CH2O2/c1-24-12-11-21-9-7-14(8-10-21)19-17(23)16-13-18-22(20-16)15-5-3-2-4-6-15;2-1-3/h2-6,13-14H,7-12H2,1H3,(H,19,23);1H,(H,2,3). The summed E-state index contributed by atoms with van der Waals surface area (Å²) in [6.45, 7) is 3.40. The van der Waals surface area contributed by atoms with Crippen LogP contribution in [0.2, 0.25) is 0 Å². The molecule has 146 valence electrons. The number of benzene rings is 1. The smallest absolute Gasteiger partial charge is 0.290 e. The molecule has 1 saturated heterocycles. The maximum absolute atomic E-state index is 12.4. The summed E-state index contributed by atoms with van der Waals surface area (Å²) < 4.78 is 5.10. The molecule has 9 nitrogen and oxygen atoms in total. The molecule has 0 bridgehead atoms. The van der Waals surface area contributed by atoms with Crippen molar-refractivity contribution in [1.29, 1.82) is 0 Å². The average Bonchev–Trinajstić information content (AvgIpc) is 3.19. The first-order chi connectivity index (χ1) is 13.2. The van der Waals surface area contributed by atoms with Gasteiger partial charge in [-0.1, -0.05) is 18.2 Å². The fraction of sp³-hybridized carbons (Fsp3) is 0.444. The van der Waals surface area contributed by atoms with E-state index in [2.05, 4.69) is 20.4 Å². The van der Waals surface area contributed by atoms with Gasteiger partial charge in [-0.25, -0.2) is 0 Å². The van der Waals surface area contributed by atoms with Crippen molar-refractivity contribution in [3.8, 4) is 5.69 Å². The number of methoxy groups -OCH3 is 1. The molecular formula is C18H25N5O4. The Morgan fingerprint density at radius 2 is 2.00 bits per heavy atom. The van der Waals surface area contributed by atoms with E-state index >= 15 is 0 Å². The summed E-state index contributed by atoms with van der Waals surface area (Å²) in [5.74, 6) is -0.160. The SMILES string of the molecule is COCCN1CCC(NC(=O)c2cnn(-c3ccccc3)n2)CC1.O=CO. The summed E-state index contributed by atoms with van der Waals surface area (Å²) >= 11 is 0. The van der Waals surface area contributed by atoms with Crippen molar-refractivity contribution < 1.29 is 19.4 Å². The van der Waals surface area contributed by atoms with Crippen molar-refractivity contribution in [1.82, 2.24) is 25.2 Å². The highest BCUT2D eigenvalue weighted by Crippen LogP contribution is 2.11. The van der Waals surface area contributed by atoms with Crippen LogP contribution in [0.15, 0.2) is 36.5 Å². The van der Waals surface area contributed by atoms with Crippen LogP contribution >= 0.6 is 0 Å². The number of nitrogens with one attached hydrogen (secondary N) is 1. The second-order valence-corrected chi connectivity index (χ2v) is 6.04.